The molecule has 1 unspecified atom stereocenters. The number of nitrogens with zero attached hydrogens (tertiary/aromatic N) is 4. The van der Waals surface area contributed by atoms with Crippen LogP contribution in [0.5, 0.6) is 5.75 Å². The number of nitrogens with one attached hydrogen (secondary N) is 1. The Balaban J connectivity index is 1.45. The second-order valence-electron chi connectivity index (χ2n) is 9.98. The Hall–Kier alpha value is -4.03. The van der Waals surface area contributed by atoms with Crippen molar-refractivity contribution >= 4 is 12.0 Å². The number of hydrogen-bond acceptors (Lipinski definition) is 7. The molecule has 1 saturated heterocycles. The molecular formula is C25H28F3N5O5. The summed E-state index contributed by atoms with van der Waals surface area (Å²) in [7, 11) is 0. The normalized spacial score (nSPS) is 17.9. The number of ether oxygens (including phenoxy) is 2. The number of rotatable bonds is 6. The highest BCUT2D eigenvalue weighted by Gasteiger charge is 2.39. The number of aromatic nitrogens is 3. The lowest BCUT2D eigenvalue weighted by Gasteiger charge is -2.28. The highest BCUT2D eigenvalue weighted by atomic mass is 19.4. The number of likely N-dealkylation sites (tertiary alicyclic amines) is 1. The molecule has 1 aromatic carbocycles. The third-order valence-electron chi connectivity index (χ3n) is 5.60. The minimum atomic E-state index is -4.84. The van der Waals surface area contributed by atoms with Crippen molar-refractivity contribution in [3.8, 4) is 17.1 Å². The molecule has 2 atom stereocenters. The van der Waals surface area contributed by atoms with Gasteiger partial charge in [-0.3, -0.25) is 9.48 Å². The minimum Gasteiger partial charge on any atom is -0.444 e. The Morgan fingerprint density at radius 2 is 1.97 bits per heavy atom. The van der Waals surface area contributed by atoms with E-state index in [4.69, 9.17) is 9.15 Å². The van der Waals surface area contributed by atoms with E-state index in [2.05, 4.69) is 20.1 Å². The fraction of sp³-hybridized carbons (Fsp3) is 0.440. The number of hydrogen-bond donors (Lipinski definition) is 1. The molecular weight excluding hydrogens is 507 g/mol. The Kier molecular flexibility index (Phi) is 7.38. The van der Waals surface area contributed by atoms with Crippen molar-refractivity contribution < 1.29 is 36.7 Å². The number of carbonyl (C=O) groups excluding carboxylic acids is 2. The zero-order chi connectivity index (χ0) is 27.7. The molecule has 10 nitrogen and oxygen atoms in total. The second kappa shape index (κ2) is 10.4. The van der Waals surface area contributed by atoms with Crippen molar-refractivity contribution in [3.63, 3.8) is 0 Å². The lowest BCUT2D eigenvalue weighted by Crippen LogP contribution is -2.43. The van der Waals surface area contributed by atoms with Crippen molar-refractivity contribution in [1.29, 1.82) is 0 Å². The molecule has 0 radical (unpaired) electrons. The highest BCUT2D eigenvalue weighted by molar-refractivity contribution is 5.90. The van der Waals surface area contributed by atoms with Crippen molar-refractivity contribution in [3.05, 3.63) is 54.3 Å². The van der Waals surface area contributed by atoms with Crippen LogP contribution in [0.15, 0.2) is 47.1 Å². The van der Waals surface area contributed by atoms with Crippen molar-refractivity contribution in [2.45, 2.75) is 64.7 Å². The molecule has 2 aromatic heterocycles. The Morgan fingerprint density at radius 3 is 2.63 bits per heavy atom. The molecule has 0 bridgehead atoms. The maximum absolute atomic E-state index is 12.9. The predicted octanol–water partition coefficient (Wildman–Crippen LogP) is 4.55. The molecule has 2 amide bonds. The molecule has 1 N–H and O–H groups in total. The summed E-state index contributed by atoms with van der Waals surface area (Å²) in [5.41, 5.74) is 0.402. The van der Waals surface area contributed by atoms with Crippen LogP contribution in [0.4, 0.5) is 18.0 Å². The van der Waals surface area contributed by atoms with Gasteiger partial charge in [0.05, 0.1) is 24.5 Å². The van der Waals surface area contributed by atoms with E-state index >= 15 is 0 Å². The number of aryl methyl sites for hydroxylation is 1. The topological polar surface area (TPSA) is 112 Å². The molecule has 1 aliphatic heterocycles. The van der Waals surface area contributed by atoms with Gasteiger partial charge in [-0.1, -0.05) is 12.1 Å². The number of oxazole rings is 1. The third kappa shape index (κ3) is 7.05. The molecule has 1 fully saturated rings. The largest absolute Gasteiger partial charge is 0.573 e. The summed E-state index contributed by atoms with van der Waals surface area (Å²) in [6.45, 7) is 7.81. The van der Waals surface area contributed by atoms with Gasteiger partial charge in [-0.2, -0.15) is 5.10 Å². The maximum Gasteiger partial charge on any atom is 0.573 e. The lowest BCUT2D eigenvalue weighted by atomic mass is 10.1. The van der Waals surface area contributed by atoms with Crippen LogP contribution in [0.1, 0.15) is 43.6 Å². The quantitative estimate of drug-likeness (QED) is 0.493. The Morgan fingerprint density at radius 1 is 1.21 bits per heavy atom. The van der Waals surface area contributed by atoms with Crippen LogP contribution in [0.2, 0.25) is 0 Å². The van der Waals surface area contributed by atoms with Crippen molar-refractivity contribution in [1.82, 2.24) is 25.0 Å². The van der Waals surface area contributed by atoms with Gasteiger partial charge in [0.1, 0.15) is 11.4 Å². The summed E-state index contributed by atoms with van der Waals surface area (Å²) in [5, 5.41) is 7.21. The zero-order valence-corrected chi connectivity index (χ0v) is 21.3. The summed E-state index contributed by atoms with van der Waals surface area (Å²) in [6, 6.07) is 6.30. The molecule has 38 heavy (non-hydrogen) atoms. The molecule has 0 aliphatic carbocycles. The van der Waals surface area contributed by atoms with E-state index in [9.17, 15) is 22.8 Å². The first-order valence-electron chi connectivity index (χ1n) is 11.9. The fourth-order valence-electron chi connectivity index (χ4n) is 4.13. The van der Waals surface area contributed by atoms with Crippen molar-refractivity contribution in [2.24, 2.45) is 0 Å². The van der Waals surface area contributed by atoms with Crippen LogP contribution in [0.25, 0.3) is 11.3 Å². The van der Waals surface area contributed by atoms with E-state index in [1.54, 1.807) is 30.4 Å². The second-order valence-corrected chi connectivity index (χ2v) is 9.98. The van der Waals surface area contributed by atoms with Gasteiger partial charge in [0.25, 0.3) is 5.89 Å². The smallest absolute Gasteiger partial charge is 0.444 e. The summed E-state index contributed by atoms with van der Waals surface area (Å²) < 4.78 is 54.4. The van der Waals surface area contributed by atoms with Gasteiger partial charge in [-0.25, -0.2) is 9.78 Å². The van der Waals surface area contributed by atoms with Gasteiger partial charge in [0.15, 0.2) is 5.76 Å². The van der Waals surface area contributed by atoms with Crippen LogP contribution in [-0.2, 0) is 11.3 Å². The average Bonchev–Trinajstić information content (AvgIpc) is 3.52. The van der Waals surface area contributed by atoms with Crippen molar-refractivity contribution in [2.75, 3.05) is 6.54 Å². The van der Waals surface area contributed by atoms with E-state index < -0.39 is 35.8 Å². The Bertz CT molecular complexity index is 1300. The zero-order valence-electron chi connectivity index (χ0n) is 21.3. The van der Waals surface area contributed by atoms with E-state index in [0.29, 0.717) is 13.0 Å². The average molecular weight is 536 g/mol. The van der Waals surface area contributed by atoms with E-state index in [-0.39, 0.29) is 29.8 Å². The van der Waals surface area contributed by atoms with Crippen LogP contribution >= 0.6 is 0 Å². The molecule has 3 aromatic rings. The monoisotopic (exact) mass is 535 g/mol. The lowest BCUT2D eigenvalue weighted by molar-refractivity contribution is -0.274. The number of alkyl halides is 3. The molecule has 0 saturated carbocycles. The number of carbonyl (C=O) groups is 2. The minimum absolute atomic E-state index is 0.0940. The van der Waals surface area contributed by atoms with Gasteiger partial charge in [0.2, 0.25) is 0 Å². The predicted molar refractivity (Wildman–Crippen MR) is 128 cm³/mol. The summed E-state index contributed by atoms with van der Waals surface area (Å²) >= 11 is 0. The molecule has 1 aliphatic rings. The number of benzene rings is 1. The van der Waals surface area contributed by atoms with E-state index in [1.165, 1.54) is 18.3 Å². The first-order valence-corrected chi connectivity index (χ1v) is 11.9. The fourth-order valence-corrected chi connectivity index (χ4v) is 4.13. The molecule has 3 heterocycles. The molecule has 4 rings (SSSR count). The highest BCUT2D eigenvalue weighted by Crippen LogP contribution is 2.29. The van der Waals surface area contributed by atoms with Gasteiger partial charge >= 0.3 is 18.4 Å². The maximum atomic E-state index is 12.9. The summed E-state index contributed by atoms with van der Waals surface area (Å²) in [4.78, 5) is 31.3. The van der Waals surface area contributed by atoms with Gasteiger partial charge in [-0.15, -0.1) is 13.2 Å². The first kappa shape index (κ1) is 27.0. The van der Waals surface area contributed by atoms with E-state index in [0.717, 1.165) is 17.8 Å². The standard InChI is InChI=1S/C25H28F3N5O5/c1-15-8-9-32(31-15)14-18-11-17(13-33(18)23(35)38-24(2,3)4)30-21(34)22-29-12-20(36-22)16-6-5-7-19(10-16)37-25(26,27)28/h5-10,12,17-18H,11,13-14H2,1-4H3,(H,30,34)/t17?,18-/m1/s1. The Labute approximate surface area is 216 Å². The van der Waals surface area contributed by atoms with E-state index in [1.807, 2.05) is 19.2 Å². The molecule has 204 valence electrons. The number of halogens is 3. The van der Waals surface area contributed by atoms with Crippen LogP contribution in [0.3, 0.4) is 0 Å². The molecule has 0 spiro atoms. The van der Waals surface area contributed by atoms with Gasteiger partial charge < -0.3 is 24.1 Å². The summed E-state index contributed by atoms with van der Waals surface area (Å²) in [5.74, 6) is -1.22. The molecule has 13 heteroatoms. The van der Waals surface area contributed by atoms with Crippen LogP contribution in [0, 0.1) is 6.92 Å². The van der Waals surface area contributed by atoms with Gasteiger partial charge in [0, 0.05) is 24.3 Å². The van der Waals surface area contributed by atoms with Crippen LogP contribution < -0.4 is 10.1 Å². The van der Waals surface area contributed by atoms with Gasteiger partial charge in [-0.05, 0) is 52.3 Å². The SMILES string of the molecule is Cc1ccn(C[C@H]2CC(NC(=O)c3ncc(-c4cccc(OC(F)(F)F)c4)o3)CN2C(=O)OC(C)(C)C)n1. The summed E-state index contributed by atoms with van der Waals surface area (Å²) in [6.07, 6.45) is -1.84. The third-order valence-corrected chi connectivity index (χ3v) is 5.60. The number of amides is 2. The first-order chi connectivity index (χ1) is 17.8. The van der Waals surface area contributed by atoms with Crippen LogP contribution in [-0.4, -0.2) is 62.3 Å².